The lowest BCUT2D eigenvalue weighted by atomic mass is 10.3. The first kappa shape index (κ1) is 16.3. The van der Waals surface area contributed by atoms with Crippen LogP contribution in [-0.2, 0) is 10.0 Å². The molecule has 1 heterocycles. The van der Waals surface area contributed by atoms with Gasteiger partial charge in [0.1, 0.15) is 10.6 Å². The highest BCUT2D eigenvalue weighted by Crippen LogP contribution is 2.31. The number of thiophene rings is 1. The Labute approximate surface area is 137 Å². The molecule has 0 spiro atoms. The van der Waals surface area contributed by atoms with Gasteiger partial charge in [0.25, 0.3) is 10.0 Å². The van der Waals surface area contributed by atoms with Crippen LogP contribution in [0.1, 0.15) is 18.2 Å². The van der Waals surface area contributed by atoms with Crippen molar-refractivity contribution in [2.75, 3.05) is 11.3 Å². The average Bonchev–Trinajstić information content (AvgIpc) is 2.77. The highest BCUT2D eigenvalue weighted by Gasteiger charge is 2.19. The number of rotatable bonds is 6. The van der Waals surface area contributed by atoms with Crippen LogP contribution in [0, 0.1) is 6.92 Å². The minimum Gasteiger partial charge on any atom is -0.494 e. The van der Waals surface area contributed by atoms with E-state index in [1.165, 1.54) is 11.3 Å². The first-order valence-electron chi connectivity index (χ1n) is 6.44. The van der Waals surface area contributed by atoms with Crippen molar-refractivity contribution in [2.45, 2.75) is 25.2 Å². The quantitative estimate of drug-likeness (QED) is 0.795. The highest BCUT2D eigenvalue weighted by molar-refractivity contribution is 9.11. The number of nitrogens with one attached hydrogen (secondary N) is 1. The molecule has 2 aromatic rings. The Morgan fingerprint density at radius 1 is 1.29 bits per heavy atom. The molecule has 1 aromatic carbocycles. The van der Waals surface area contributed by atoms with Gasteiger partial charge in [-0.05, 0) is 59.6 Å². The van der Waals surface area contributed by atoms with Gasteiger partial charge < -0.3 is 4.74 Å². The van der Waals surface area contributed by atoms with Crippen LogP contribution in [-0.4, -0.2) is 15.0 Å². The maximum atomic E-state index is 12.3. The van der Waals surface area contributed by atoms with Gasteiger partial charge in [0.15, 0.2) is 0 Å². The van der Waals surface area contributed by atoms with Crippen molar-refractivity contribution in [3.8, 4) is 5.75 Å². The molecule has 0 radical (unpaired) electrons. The molecule has 0 unspecified atom stereocenters. The number of aryl methyl sites for hydroxylation is 1. The fraction of sp³-hybridized carbons (Fsp3) is 0.286. The molecule has 7 heteroatoms. The molecule has 114 valence electrons. The zero-order valence-electron chi connectivity index (χ0n) is 11.7. The molecule has 1 aromatic heterocycles. The summed E-state index contributed by atoms with van der Waals surface area (Å²) in [5.74, 6) is 0.731. The van der Waals surface area contributed by atoms with E-state index < -0.39 is 10.0 Å². The topological polar surface area (TPSA) is 55.4 Å². The first-order chi connectivity index (χ1) is 9.92. The molecule has 1 N–H and O–H groups in total. The van der Waals surface area contributed by atoms with Gasteiger partial charge in [0.2, 0.25) is 0 Å². The standard InChI is InChI=1S/C14H16BrNO3S2/c1-3-8-19-12-6-4-11(5-7-12)16-21(17,18)13-9-14(15)20-10(13)2/h4-7,9,16H,3,8H2,1-2H3. The Kier molecular flexibility index (Phi) is 5.29. The monoisotopic (exact) mass is 389 g/mol. The Morgan fingerprint density at radius 2 is 1.95 bits per heavy atom. The highest BCUT2D eigenvalue weighted by atomic mass is 79.9. The molecule has 0 bridgehead atoms. The molecular formula is C14H16BrNO3S2. The number of sulfonamides is 1. The maximum absolute atomic E-state index is 12.3. The number of hydrogen-bond acceptors (Lipinski definition) is 4. The summed E-state index contributed by atoms with van der Waals surface area (Å²) in [5, 5.41) is 0. The van der Waals surface area contributed by atoms with Crippen LogP contribution in [0.25, 0.3) is 0 Å². The van der Waals surface area contributed by atoms with Crippen LogP contribution in [0.2, 0.25) is 0 Å². The number of hydrogen-bond donors (Lipinski definition) is 1. The second-order valence-corrected chi connectivity index (χ2v) is 8.74. The summed E-state index contributed by atoms with van der Waals surface area (Å²) in [4.78, 5) is 1.04. The minimum atomic E-state index is -3.56. The average molecular weight is 390 g/mol. The number of benzene rings is 1. The Morgan fingerprint density at radius 3 is 2.48 bits per heavy atom. The molecule has 0 aliphatic carbocycles. The number of anilines is 1. The normalized spacial score (nSPS) is 11.4. The maximum Gasteiger partial charge on any atom is 0.263 e. The van der Waals surface area contributed by atoms with Gasteiger partial charge in [-0.15, -0.1) is 11.3 Å². The lowest BCUT2D eigenvalue weighted by molar-refractivity contribution is 0.317. The zero-order valence-corrected chi connectivity index (χ0v) is 14.9. The molecule has 0 amide bonds. The Bertz CT molecular complexity index is 708. The molecule has 4 nitrogen and oxygen atoms in total. The third kappa shape index (κ3) is 4.21. The molecule has 21 heavy (non-hydrogen) atoms. The number of ether oxygens (including phenoxy) is 1. The Balaban J connectivity index is 2.15. The van der Waals surface area contributed by atoms with Crippen LogP contribution < -0.4 is 9.46 Å². The lowest BCUT2D eigenvalue weighted by Gasteiger charge is -2.09. The van der Waals surface area contributed by atoms with Gasteiger partial charge in [-0.3, -0.25) is 4.72 Å². The van der Waals surface area contributed by atoms with Crippen molar-refractivity contribution in [1.29, 1.82) is 0 Å². The summed E-state index contributed by atoms with van der Waals surface area (Å²) >= 11 is 4.70. The van der Waals surface area contributed by atoms with Gasteiger partial charge in [0, 0.05) is 10.6 Å². The smallest absolute Gasteiger partial charge is 0.263 e. The Hall–Kier alpha value is -1.05. The summed E-state index contributed by atoms with van der Waals surface area (Å²) in [6, 6.07) is 8.51. The molecule has 0 saturated heterocycles. The predicted molar refractivity (Wildman–Crippen MR) is 89.8 cm³/mol. The van der Waals surface area contributed by atoms with E-state index in [2.05, 4.69) is 20.7 Å². The molecule has 0 fully saturated rings. The second kappa shape index (κ2) is 6.81. The third-order valence-electron chi connectivity index (χ3n) is 2.71. The van der Waals surface area contributed by atoms with E-state index >= 15 is 0 Å². The fourth-order valence-corrected chi connectivity index (χ4v) is 5.22. The molecule has 0 aliphatic rings. The van der Waals surface area contributed by atoms with E-state index in [0.717, 1.165) is 20.8 Å². The van der Waals surface area contributed by atoms with Crippen LogP contribution in [0.5, 0.6) is 5.75 Å². The first-order valence-corrected chi connectivity index (χ1v) is 9.53. The van der Waals surface area contributed by atoms with Crippen molar-refractivity contribution in [3.63, 3.8) is 0 Å². The van der Waals surface area contributed by atoms with E-state index in [1.807, 2.05) is 6.92 Å². The zero-order chi connectivity index (χ0) is 15.5. The van der Waals surface area contributed by atoms with Crippen molar-refractivity contribution in [2.24, 2.45) is 0 Å². The molecule has 2 rings (SSSR count). The van der Waals surface area contributed by atoms with Crippen molar-refractivity contribution in [3.05, 3.63) is 39.0 Å². The van der Waals surface area contributed by atoms with E-state index in [9.17, 15) is 8.42 Å². The minimum absolute atomic E-state index is 0.297. The van der Waals surface area contributed by atoms with Crippen LogP contribution >= 0.6 is 27.3 Å². The summed E-state index contributed by atoms with van der Waals surface area (Å²) in [7, 11) is -3.56. The molecule has 0 aliphatic heterocycles. The third-order valence-corrected chi connectivity index (χ3v) is 5.90. The SMILES string of the molecule is CCCOc1ccc(NS(=O)(=O)c2cc(Br)sc2C)cc1. The summed E-state index contributed by atoms with van der Waals surface area (Å²) < 4.78 is 33.5. The van der Waals surface area contributed by atoms with E-state index in [0.29, 0.717) is 17.2 Å². The van der Waals surface area contributed by atoms with Gasteiger partial charge in [0.05, 0.1) is 10.4 Å². The fourth-order valence-electron chi connectivity index (χ4n) is 1.75. The van der Waals surface area contributed by atoms with Gasteiger partial charge in [-0.25, -0.2) is 8.42 Å². The summed E-state index contributed by atoms with van der Waals surface area (Å²) in [6.07, 6.45) is 0.931. The second-order valence-electron chi connectivity index (χ2n) is 4.45. The van der Waals surface area contributed by atoms with Gasteiger partial charge in [-0.2, -0.15) is 0 Å². The molecule has 0 atom stereocenters. The largest absolute Gasteiger partial charge is 0.494 e. The molecular weight excluding hydrogens is 374 g/mol. The van der Waals surface area contributed by atoms with E-state index in [-0.39, 0.29) is 0 Å². The molecule has 0 saturated carbocycles. The van der Waals surface area contributed by atoms with Crippen LogP contribution in [0.3, 0.4) is 0 Å². The van der Waals surface area contributed by atoms with Crippen LogP contribution in [0.15, 0.2) is 39.0 Å². The van der Waals surface area contributed by atoms with Gasteiger partial charge >= 0.3 is 0 Å². The van der Waals surface area contributed by atoms with E-state index in [4.69, 9.17) is 4.74 Å². The predicted octanol–water partition coefficient (Wildman–Crippen LogP) is 4.41. The van der Waals surface area contributed by atoms with Crippen molar-refractivity contribution >= 4 is 43.0 Å². The van der Waals surface area contributed by atoms with Crippen molar-refractivity contribution < 1.29 is 13.2 Å². The van der Waals surface area contributed by atoms with Gasteiger partial charge in [-0.1, -0.05) is 6.92 Å². The number of halogens is 1. The van der Waals surface area contributed by atoms with E-state index in [1.54, 1.807) is 37.3 Å². The van der Waals surface area contributed by atoms with Crippen LogP contribution in [0.4, 0.5) is 5.69 Å². The van der Waals surface area contributed by atoms with Crippen molar-refractivity contribution in [1.82, 2.24) is 0 Å². The summed E-state index contributed by atoms with van der Waals surface area (Å²) in [6.45, 7) is 4.46. The lowest BCUT2D eigenvalue weighted by Crippen LogP contribution is -2.13. The summed E-state index contributed by atoms with van der Waals surface area (Å²) in [5.41, 5.74) is 0.514.